The van der Waals surface area contributed by atoms with Crippen LogP contribution in [0.3, 0.4) is 0 Å². The number of hydrogen-bond donors (Lipinski definition) is 1. The van der Waals surface area contributed by atoms with Crippen LogP contribution in [0, 0.1) is 12.7 Å². The Morgan fingerprint density at radius 1 is 1.29 bits per heavy atom. The van der Waals surface area contributed by atoms with Gasteiger partial charge >= 0.3 is 0 Å². The van der Waals surface area contributed by atoms with Crippen LogP contribution in [0.2, 0.25) is 0 Å². The molecule has 0 amide bonds. The summed E-state index contributed by atoms with van der Waals surface area (Å²) in [7, 11) is 0. The van der Waals surface area contributed by atoms with Gasteiger partial charge in [0.15, 0.2) is 5.82 Å². The molecule has 0 fully saturated rings. The number of halogens is 2. The number of aryl methyl sites for hydroxylation is 1. The number of benzene rings is 1. The van der Waals surface area contributed by atoms with Crippen LogP contribution in [-0.4, -0.2) is 16.5 Å². The maximum Gasteiger partial charge on any atom is 0.163 e. The zero-order valence-corrected chi connectivity index (χ0v) is 14.3. The summed E-state index contributed by atoms with van der Waals surface area (Å²) in [6, 6.07) is 4.53. The van der Waals surface area contributed by atoms with E-state index in [-0.39, 0.29) is 5.82 Å². The Morgan fingerprint density at radius 2 is 2.00 bits per heavy atom. The second kappa shape index (κ2) is 6.52. The Balaban J connectivity index is 2.63. The minimum absolute atomic E-state index is 0.299. The molecule has 1 heterocycles. The van der Waals surface area contributed by atoms with Crippen LogP contribution >= 0.6 is 15.9 Å². The van der Waals surface area contributed by atoms with Crippen LogP contribution in [0.5, 0.6) is 0 Å². The average Bonchev–Trinajstić information content (AvgIpc) is 2.41. The average molecular weight is 352 g/mol. The van der Waals surface area contributed by atoms with Crippen LogP contribution in [0.4, 0.5) is 10.2 Å². The summed E-state index contributed by atoms with van der Waals surface area (Å²) in [6.07, 6.45) is 0. The van der Waals surface area contributed by atoms with Gasteiger partial charge in [0.05, 0.1) is 0 Å². The fourth-order valence-corrected chi connectivity index (χ4v) is 2.79. The first kappa shape index (κ1) is 15.9. The molecule has 0 aliphatic rings. The lowest BCUT2D eigenvalue weighted by atomic mass is 10.0. The number of anilines is 1. The highest BCUT2D eigenvalue weighted by Crippen LogP contribution is 2.31. The van der Waals surface area contributed by atoms with Gasteiger partial charge in [0.2, 0.25) is 0 Å². The molecule has 0 saturated carbocycles. The van der Waals surface area contributed by atoms with E-state index in [0.29, 0.717) is 17.3 Å². The summed E-state index contributed by atoms with van der Waals surface area (Å²) in [5.41, 5.74) is 2.68. The quantitative estimate of drug-likeness (QED) is 0.850. The van der Waals surface area contributed by atoms with E-state index in [4.69, 9.17) is 0 Å². The topological polar surface area (TPSA) is 37.8 Å². The zero-order valence-electron chi connectivity index (χ0n) is 12.7. The smallest absolute Gasteiger partial charge is 0.163 e. The van der Waals surface area contributed by atoms with E-state index in [1.807, 2.05) is 13.8 Å². The predicted octanol–water partition coefficient (Wildman–Crippen LogP) is 4.91. The molecular formula is C16H19BrFN3. The molecule has 1 aromatic heterocycles. The minimum atomic E-state index is -0.299. The van der Waals surface area contributed by atoms with Crippen molar-refractivity contribution in [3.05, 3.63) is 39.7 Å². The van der Waals surface area contributed by atoms with E-state index >= 15 is 0 Å². The maximum absolute atomic E-state index is 13.5. The Hall–Kier alpha value is -1.49. The molecule has 0 radical (unpaired) electrons. The van der Waals surface area contributed by atoms with Gasteiger partial charge in [-0.3, -0.25) is 0 Å². The van der Waals surface area contributed by atoms with Gasteiger partial charge in [-0.2, -0.15) is 0 Å². The highest BCUT2D eigenvalue weighted by molar-refractivity contribution is 9.10. The summed E-state index contributed by atoms with van der Waals surface area (Å²) in [4.78, 5) is 9.16. The standard InChI is InChI=1S/C16H19BrFN3/c1-5-19-16-14(9(2)3)10(4)20-15(21-16)12-8-11(18)6-7-13(12)17/h6-9H,5H2,1-4H3,(H,19,20,21). The summed E-state index contributed by atoms with van der Waals surface area (Å²) < 4.78 is 14.3. The van der Waals surface area contributed by atoms with Crippen molar-refractivity contribution in [1.82, 2.24) is 9.97 Å². The van der Waals surface area contributed by atoms with Crippen LogP contribution in [-0.2, 0) is 0 Å². The normalized spacial score (nSPS) is 11.0. The van der Waals surface area contributed by atoms with Crippen LogP contribution in [0.1, 0.15) is 37.9 Å². The molecule has 2 aromatic rings. The van der Waals surface area contributed by atoms with Gasteiger partial charge in [0.25, 0.3) is 0 Å². The van der Waals surface area contributed by atoms with Gasteiger partial charge in [-0.15, -0.1) is 0 Å². The molecule has 0 atom stereocenters. The van der Waals surface area contributed by atoms with Crippen molar-refractivity contribution in [1.29, 1.82) is 0 Å². The Labute approximate surface area is 133 Å². The summed E-state index contributed by atoms with van der Waals surface area (Å²) >= 11 is 3.44. The van der Waals surface area contributed by atoms with Crippen molar-refractivity contribution in [3.8, 4) is 11.4 Å². The van der Waals surface area contributed by atoms with Crippen molar-refractivity contribution in [2.24, 2.45) is 0 Å². The molecule has 1 N–H and O–H groups in total. The van der Waals surface area contributed by atoms with E-state index in [0.717, 1.165) is 28.1 Å². The molecule has 112 valence electrons. The third-order valence-corrected chi connectivity index (χ3v) is 3.92. The number of aromatic nitrogens is 2. The van der Waals surface area contributed by atoms with Crippen molar-refractivity contribution in [3.63, 3.8) is 0 Å². The molecule has 0 bridgehead atoms. The highest BCUT2D eigenvalue weighted by Gasteiger charge is 2.16. The number of nitrogens with zero attached hydrogens (tertiary/aromatic N) is 2. The predicted molar refractivity (Wildman–Crippen MR) is 88.1 cm³/mol. The Kier molecular flexibility index (Phi) is 4.93. The van der Waals surface area contributed by atoms with Crippen molar-refractivity contribution in [2.45, 2.75) is 33.6 Å². The van der Waals surface area contributed by atoms with E-state index in [1.54, 1.807) is 6.07 Å². The summed E-state index contributed by atoms with van der Waals surface area (Å²) in [6.45, 7) is 9.00. The first-order valence-corrected chi connectivity index (χ1v) is 7.81. The first-order chi connectivity index (χ1) is 9.93. The molecular weight excluding hydrogens is 333 g/mol. The van der Waals surface area contributed by atoms with Crippen LogP contribution in [0.25, 0.3) is 11.4 Å². The highest BCUT2D eigenvalue weighted by atomic mass is 79.9. The van der Waals surface area contributed by atoms with Gasteiger partial charge in [-0.25, -0.2) is 14.4 Å². The second-order valence-corrected chi connectivity index (χ2v) is 6.06. The van der Waals surface area contributed by atoms with Gasteiger partial charge in [-0.1, -0.05) is 29.8 Å². The molecule has 5 heteroatoms. The van der Waals surface area contributed by atoms with Crippen LogP contribution < -0.4 is 5.32 Å². The molecule has 2 rings (SSSR count). The number of nitrogens with one attached hydrogen (secondary N) is 1. The summed E-state index contributed by atoms with van der Waals surface area (Å²) in [5.74, 6) is 1.38. The van der Waals surface area contributed by atoms with Crippen molar-refractivity contribution in [2.75, 3.05) is 11.9 Å². The maximum atomic E-state index is 13.5. The molecule has 21 heavy (non-hydrogen) atoms. The third kappa shape index (κ3) is 3.40. The molecule has 0 unspecified atom stereocenters. The Morgan fingerprint density at radius 3 is 2.62 bits per heavy atom. The fraction of sp³-hybridized carbons (Fsp3) is 0.375. The molecule has 0 saturated heterocycles. The number of hydrogen-bond acceptors (Lipinski definition) is 3. The minimum Gasteiger partial charge on any atom is -0.370 e. The molecule has 0 spiro atoms. The Bertz CT molecular complexity index is 656. The van der Waals surface area contributed by atoms with Gasteiger partial charge in [0.1, 0.15) is 11.6 Å². The SMILES string of the molecule is CCNc1nc(-c2cc(F)ccc2Br)nc(C)c1C(C)C. The van der Waals surface area contributed by atoms with E-state index in [2.05, 4.69) is 45.1 Å². The summed E-state index contributed by atoms with van der Waals surface area (Å²) in [5, 5.41) is 3.28. The number of rotatable bonds is 4. The van der Waals surface area contributed by atoms with E-state index < -0.39 is 0 Å². The molecule has 0 aliphatic heterocycles. The lowest BCUT2D eigenvalue weighted by Crippen LogP contribution is -2.09. The van der Waals surface area contributed by atoms with Gasteiger partial charge in [-0.05, 0) is 38.0 Å². The largest absolute Gasteiger partial charge is 0.370 e. The third-order valence-electron chi connectivity index (χ3n) is 3.23. The second-order valence-electron chi connectivity index (χ2n) is 5.20. The monoisotopic (exact) mass is 351 g/mol. The molecule has 3 nitrogen and oxygen atoms in total. The van der Waals surface area contributed by atoms with Crippen molar-refractivity contribution < 1.29 is 4.39 Å². The van der Waals surface area contributed by atoms with Crippen LogP contribution in [0.15, 0.2) is 22.7 Å². The molecule has 1 aromatic carbocycles. The zero-order chi connectivity index (χ0) is 15.6. The lowest BCUT2D eigenvalue weighted by Gasteiger charge is -2.17. The lowest BCUT2D eigenvalue weighted by molar-refractivity contribution is 0.628. The van der Waals surface area contributed by atoms with Gasteiger partial charge < -0.3 is 5.32 Å². The first-order valence-electron chi connectivity index (χ1n) is 7.01. The fourth-order valence-electron chi connectivity index (χ4n) is 2.36. The van der Waals surface area contributed by atoms with E-state index in [9.17, 15) is 4.39 Å². The molecule has 0 aliphatic carbocycles. The van der Waals surface area contributed by atoms with Crippen molar-refractivity contribution >= 4 is 21.7 Å². The van der Waals surface area contributed by atoms with Gasteiger partial charge in [0, 0.05) is 27.8 Å². The van der Waals surface area contributed by atoms with E-state index in [1.165, 1.54) is 12.1 Å².